The molecule has 0 saturated carbocycles. The maximum atomic E-state index is 12.6. The first-order valence-electron chi connectivity index (χ1n) is 6.48. The van der Waals surface area contributed by atoms with Crippen molar-refractivity contribution in [2.24, 2.45) is 0 Å². The zero-order valence-electron chi connectivity index (χ0n) is 11.5. The average molecular weight is 288 g/mol. The summed E-state index contributed by atoms with van der Waals surface area (Å²) >= 11 is 0. The van der Waals surface area contributed by atoms with E-state index < -0.39 is 10.0 Å². The lowest BCUT2D eigenvalue weighted by molar-refractivity contribution is 0.431. The largest absolute Gasteiger partial charge is 0.261 e. The number of hydrogen-bond acceptors (Lipinski definition) is 3. The van der Waals surface area contributed by atoms with Crippen LogP contribution in [0.1, 0.15) is 22.4 Å². The van der Waals surface area contributed by atoms with Crippen molar-refractivity contribution in [1.29, 1.82) is 0 Å². The van der Waals surface area contributed by atoms with Crippen LogP contribution in [0.5, 0.6) is 0 Å². The van der Waals surface area contributed by atoms with Gasteiger partial charge in [-0.05, 0) is 43.2 Å². The van der Waals surface area contributed by atoms with Crippen LogP contribution in [-0.2, 0) is 23.1 Å². The Morgan fingerprint density at radius 1 is 1.05 bits per heavy atom. The Hall–Kier alpha value is -1.72. The standard InChI is InChI=1S/C15H16N2O2S/c1-11-3-5-15(6-4-11)20(18,19)17-9-13-7-12(2)16-8-14(13)10-17/h3-8H,9-10H2,1-2H3. The van der Waals surface area contributed by atoms with Crippen LogP contribution in [0.4, 0.5) is 0 Å². The van der Waals surface area contributed by atoms with Crippen LogP contribution >= 0.6 is 0 Å². The summed E-state index contributed by atoms with van der Waals surface area (Å²) in [6, 6.07) is 8.93. The molecule has 0 amide bonds. The van der Waals surface area contributed by atoms with Gasteiger partial charge in [0.15, 0.2) is 0 Å². The summed E-state index contributed by atoms with van der Waals surface area (Å²) in [4.78, 5) is 4.58. The van der Waals surface area contributed by atoms with Crippen molar-refractivity contribution >= 4 is 10.0 Å². The molecule has 0 unspecified atom stereocenters. The smallest absolute Gasteiger partial charge is 0.243 e. The number of rotatable bonds is 2. The van der Waals surface area contributed by atoms with Gasteiger partial charge in [-0.25, -0.2) is 8.42 Å². The van der Waals surface area contributed by atoms with Crippen molar-refractivity contribution in [2.75, 3.05) is 0 Å². The van der Waals surface area contributed by atoms with Crippen LogP contribution in [0.2, 0.25) is 0 Å². The third kappa shape index (κ3) is 2.23. The Morgan fingerprint density at radius 3 is 2.40 bits per heavy atom. The summed E-state index contributed by atoms with van der Waals surface area (Å²) in [5.41, 5.74) is 4.01. The first-order valence-corrected chi connectivity index (χ1v) is 7.92. The zero-order chi connectivity index (χ0) is 14.3. The second-order valence-corrected chi connectivity index (χ2v) is 7.12. The predicted molar refractivity (Wildman–Crippen MR) is 76.6 cm³/mol. The second kappa shape index (κ2) is 4.68. The quantitative estimate of drug-likeness (QED) is 0.852. The molecule has 2 heterocycles. The monoisotopic (exact) mass is 288 g/mol. The SMILES string of the molecule is Cc1ccc(S(=O)(=O)N2Cc3cnc(C)cc3C2)cc1. The van der Waals surface area contributed by atoms with E-state index in [1.54, 1.807) is 18.3 Å². The highest BCUT2D eigenvalue weighted by atomic mass is 32.2. The van der Waals surface area contributed by atoms with Crippen molar-refractivity contribution in [1.82, 2.24) is 9.29 Å². The highest BCUT2D eigenvalue weighted by Gasteiger charge is 2.30. The third-order valence-electron chi connectivity index (χ3n) is 3.57. The number of hydrogen-bond donors (Lipinski definition) is 0. The Bertz CT molecular complexity index is 752. The molecule has 0 radical (unpaired) electrons. The summed E-state index contributed by atoms with van der Waals surface area (Å²) in [5, 5.41) is 0. The topological polar surface area (TPSA) is 50.3 Å². The van der Waals surface area contributed by atoms with E-state index in [1.165, 1.54) is 4.31 Å². The van der Waals surface area contributed by atoms with Crippen LogP contribution in [0.3, 0.4) is 0 Å². The molecule has 0 bridgehead atoms. The maximum absolute atomic E-state index is 12.6. The molecule has 0 aliphatic carbocycles. The number of aryl methyl sites for hydroxylation is 2. The molecule has 1 aliphatic heterocycles. The van der Waals surface area contributed by atoms with Crippen LogP contribution in [0.15, 0.2) is 41.4 Å². The first-order chi connectivity index (χ1) is 9.46. The molecule has 0 saturated heterocycles. The van der Waals surface area contributed by atoms with Crippen molar-refractivity contribution in [3.63, 3.8) is 0 Å². The van der Waals surface area contributed by atoms with Crippen molar-refractivity contribution < 1.29 is 8.42 Å². The molecule has 1 aliphatic rings. The molecule has 3 rings (SSSR count). The molecule has 1 aromatic carbocycles. The molecule has 0 atom stereocenters. The molecule has 104 valence electrons. The normalized spacial score (nSPS) is 15.3. The summed E-state index contributed by atoms with van der Waals surface area (Å²) < 4.78 is 26.7. The fraction of sp³-hybridized carbons (Fsp3) is 0.267. The number of benzene rings is 1. The van der Waals surface area contributed by atoms with Gasteiger partial charge in [0.2, 0.25) is 10.0 Å². The van der Waals surface area contributed by atoms with E-state index in [0.29, 0.717) is 18.0 Å². The molecule has 0 fully saturated rings. The van der Waals surface area contributed by atoms with Crippen LogP contribution in [0, 0.1) is 13.8 Å². The van der Waals surface area contributed by atoms with Crippen LogP contribution in [0.25, 0.3) is 0 Å². The second-order valence-electron chi connectivity index (χ2n) is 5.18. The van der Waals surface area contributed by atoms with Gasteiger partial charge < -0.3 is 0 Å². The molecule has 4 nitrogen and oxygen atoms in total. The van der Waals surface area contributed by atoms with Gasteiger partial charge in [-0.3, -0.25) is 4.98 Å². The summed E-state index contributed by atoms with van der Waals surface area (Å²) in [7, 11) is -3.43. The third-order valence-corrected chi connectivity index (χ3v) is 5.38. The molecular formula is C15H16N2O2S. The summed E-state index contributed by atoms with van der Waals surface area (Å²) in [5.74, 6) is 0. The number of fused-ring (bicyclic) bond motifs is 1. The summed E-state index contributed by atoms with van der Waals surface area (Å²) in [6.07, 6.45) is 1.77. The predicted octanol–water partition coefficient (Wildman–Crippen LogP) is 2.40. The minimum atomic E-state index is -3.43. The van der Waals surface area contributed by atoms with Crippen LogP contribution in [-0.4, -0.2) is 17.7 Å². The van der Waals surface area contributed by atoms with Gasteiger partial charge in [-0.2, -0.15) is 4.31 Å². The van der Waals surface area contributed by atoms with E-state index in [4.69, 9.17) is 0 Å². The van der Waals surface area contributed by atoms with Gasteiger partial charge >= 0.3 is 0 Å². The number of nitrogens with zero attached hydrogens (tertiary/aromatic N) is 2. The highest BCUT2D eigenvalue weighted by molar-refractivity contribution is 7.89. The Labute approximate surface area is 119 Å². The van der Waals surface area contributed by atoms with Crippen molar-refractivity contribution in [3.05, 3.63) is 58.9 Å². The first kappa shape index (κ1) is 13.3. The van der Waals surface area contributed by atoms with E-state index in [9.17, 15) is 8.42 Å². The number of sulfonamides is 1. The van der Waals surface area contributed by atoms with Gasteiger partial charge in [0.25, 0.3) is 0 Å². The molecule has 1 aromatic heterocycles. The Balaban J connectivity index is 1.93. The lowest BCUT2D eigenvalue weighted by Gasteiger charge is -2.15. The van der Waals surface area contributed by atoms with E-state index >= 15 is 0 Å². The van der Waals surface area contributed by atoms with Gasteiger partial charge in [0.1, 0.15) is 0 Å². The van der Waals surface area contributed by atoms with Gasteiger partial charge in [-0.15, -0.1) is 0 Å². The number of pyridine rings is 1. The lowest BCUT2D eigenvalue weighted by atomic mass is 10.2. The molecule has 2 aromatic rings. The molecule has 5 heteroatoms. The average Bonchev–Trinajstić information content (AvgIpc) is 2.83. The van der Waals surface area contributed by atoms with Gasteiger partial charge in [0, 0.05) is 25.0 Å². The Kier molecular flexibility index (Phi) is 3.11. The van der Waals surface area contributed by atoms with Gasteiger partial charge in [0.05, 0.1) is 4.90 Å². The zero-order valence-corrected chi connectivity index (χ0v) is 12.3. The molecular weight excluding hydrogens is 272 g/mol. The maximum Gasteiger partial charge on any atom is 0.243 e. The van der Waals surface area contributed by atoms with E-state index in [-0.39, 0.29) is 0 Å². The van der Waals surface area contributed by atoms with Crippen LogP contribution < -0.4 is 0 Å². The minimum Gasteiger partial charge on any atom is -0.261 e. The summed E-state index contributed by atoms with van der Waals surface area (Å²) in [6.45, 7) is 4.68. The lowest BCUT2D eigenvalue weighted by Crippen LogP contribution is -2.25. The van der Waals surface area contributed by atoms with Gasteiger partial charge in [-0.1, -0.05) is 17.7 Å². The molecule has 20 heavy (non-hydrogen) atoms. The van der Waals surface area contributed by atoms with E-state index in [0.717, 1.165) is 22.4 Å². The van der Waals surface area contributed by atoms with Crippen molar-refractivity contribution in [2.45, 2.75) is 31.8 Å². The minimum absolute atomic E-state index is 0.348. The van der Waals surface area contributed by atoms with E-state index in [2.05, 4.69) is 4.98 Å². The fourth-order valence-corrected chi connectivity index (χ4v) is 3.80. The highest BCUT2D eigenvalue weighted by Crippen LogP contribution is 2.28. The molecule has 0 spiro atoms. The van der Waals surface area contributed by atoms with E-state index in [1.807, 2.05) is 32.0 Å². The molecule has 0 N–H and O–H groups in total. The number of aromatic nitrogens is 1. The fourth-order valence-electron chi connectivity index (χ4n) is 2.40. The Morgan fingerprint density at radius 2 is 1.70 bits per heavy atom. The van der Waals surface area contributed by atoms with Crippen molar-refractivity contribution in [3.8, 4) is 0 Å².